The van der Waals surface area contributed by atoms with Crippen LogP contribution in [0.15, 0.2) is 48.5 Å². The molecule has 0 bridgehead atoms. The molecule has 20 heavy (non-hydrogen) atoms. The predicted octanol–water partition coefficient (Wildman–Crippen LogP) is 4.47. The van der Waals surface area contributed by atoms with E-state index in [0.29, 0.717) is 5.92 Å². The molecule has 0 radical (unpaired) electrons. The van der Waals surface area contributed by atoms with E-state index in [1.54, 1.807) is 7.11 Å². The van der Waals surface area contributed by atoms with Crippen LogP contribution in [0.3, 0.4) is 0 Å². The first-order valence-electron chi connectivity index (χ1n) is 7.16. The fourth-order valence-electron chi connectivity index (χ4n) is 2.30. The first-order valence-corrected chi connectivity index (χ1v) is 7.16. The van der Waals surface area contributed by atoms with Crippen molar-refractivity contribution in [3.8, 4) is 5.75 Å². The van der Waals surface area contributed by atoms with E-state index in [9.17, 15) is 0 Å². The van der Waals surface area contributed by atoms with Gasteiger partial charge in [0, 0.05) is 12.2 Å². The largest absolute Gasteiger partial charge is 0.497 e. The lowest BCUT2D eigenvalue weighted by Crippen LogP contribution is -2.07. The molecule has 0 atom stereocenters. The number of hydrogen-bond donors (Lipinski definition) is 1. The second-order valence-corrected chi connectivity index (χ2v) is 5.27. The quantitative estimate of drug-likeness (QED) is 0.835. The van der Waals surface area contributed by atoms with Gasteiger partial charge in [-0.05, 0) is 41.7 Å². The highest BCUT2D eigenvalue weighted by atomic mass is 16.5. The molecular formula is C18H23NO. The molecule has 2 aromatic rings. The Morgan fingerprint density at radius 2 is 1.70 bits per heavy atom. The lowest BCUT2D eigenvalue weighted by Gasteiger charge is -2.14. The number of nitrogens with one attached hydrogen (secondary N) is 1. The Bertz CT molecular complexity index is 531. The summed E-state index contributed by atoms with van der Waals surface area (Å²) in [6.07, 6.45) is 1.01. The third-order valence-corrected chi connectivity index (χ3v) is 3.47. The third kappa shape index (κ3) is 3.77. The minimum Gasteiger partial charge on any atom is -0.497 e. The molecule has 0 fully saturated rings. The molecule has 1 N–H and O–H groups in total. The van der Waals surface area contributed by atoms with Gasteiger partial charge in [0.25, 0.3) is 0 Å². The zero-order valence-corrected chi connectivity index (χ0v) is 12.5. The Labute approximate surface area is 121 Å². The van der Waals surface area contributed by atoms with Crippen LogP contribution in [0.2, 0.25) is 0 Å². The predicted molar refractivity (Wildman–Crippen MR) is 85.7 cm³/mol. The SMILES string of the molecule is COc1ccc(CCNc2ccccc2C(C)C)cc1. The van der Waals surface area contributed by atoms with Crippen LogP contribution >= 0.6 is 0 Å². The van der Waals surface area contributed by atoms with Crippen LogP contribution in [0.25, 0.3) is 0 Å². The van der Waals surface area contributed by atoms with E-state index in [2.05, 4.69) is 55.6 Å². The molecule has 0 aliphatic heterocycles. The highest BCUT2D eigenvalue weighted by molar-refractivity contribution is 5.52. The second-order valence-electron chi connectivity index (χ2n) is 5.27. The number of para-hydroxylation sites is 1. The van der Waals surface area contributed by atoms with Crippen molar-refractivity contribution >= 4 is 5.69 Å². The molecule has 2 rings (SSSR count). The van der Waals surface area contributed by atoms with E-state index < -0.39 is 0 Å². The summed E-state index contributed by atoms with van der Waals surface area (Å²) in [5.74, 6) is 1.45. The Balaban J connectivity index is 1.92. The van der Waals surface area contributed by atoms with Crippen molar-refractivity contribution in [1.82, 2.24) is 0 Å². The molecule has 0 heterocycles. The highest BCUT2D eigenvalue weighted by Crippen LogP contribution is 2.23. The summed E-state index contributed by atoms with van der Waals surface area (Å²) in [5, 5.41) is 3.54. The molecule has 0 amide bonds. The number of ether oxygens (including phenoxy) is 1. The van der Waals surface area contributed by atoms with Crippen LogP contribution in [0.1, 0.15) is 30.9 Å². The molecule has 2 nitrogen and oxygen atoms in total. The molecule has 0 aromatic heterocycles. The van der Waals surface area contributed by atoms with Crippen molar-refractivity contribution in [1.29, 1.82) is 0 Å². The Morgan fingerprint density at radius 1 is 1.00 bits per heavy atom. The lowest BCUT2D eigenvalue weighted by atomic mass is 10.0. The number of anilines is 1. The van der Waals surface area contributed by atoms with Gasteiger partial charge >= 0.3 is 0 Å². The molecule has 106 valence electrons. The van der Waals surface area contributed by atoms with Gasteiger partial charge in [-0.2, -0.15) is 0 Å². The van der Waals surface area contributed by atoms with E-state index in [1.807, 2.05) is 12.1 Å². The van der Waals surface area contributed by atoms with Crippen molar-refractivity contribution in [2.75, 3.05) is 19.0 Å². The van der Waals surface area contributed by atoms with Gasteiger partial charge in [-0.1, -0.05) is 44.2 Å². The fraction of sp³-hybridized carbons (Fsp3) is 0.333. The highest BCUT2D eigenvalue weighted by Gasteiger charge is 2.04. The summed E-state index contributed by atoms with van der Waals surface area (Å²) < 4.78 is 5.17. The zero-order chi connectivity index (χ0) is 14.4. The second kappa shape index (κ2) is 6.99. The summed E-state index contributed by atoms with van der Waals surface area (Å²) in [7, 11) is 1.69. The van der Waals surface area contributed by atoms with E-state index in [0.717, 1.165) is 18.7 Å². The summed E-state index contributed by atoms with van der Waals surface area (Å²) in [5.41, 5.74) is 3.94. The van der Waals surface area contributed by atoms with E-state index >= 15 is 0 Å². The molecule has 0 aliphatic rings. The molecule has 0 saturated carbocycles. The van der Waals surface area contributed by atoms with E-state index in [-0.39, 0.29) is 0 Å². The van der Waals surface area contributed by atoms with Gasteiger partial charge in [0.1, 0.15) is 5.75 Å². The molecule has 2 heteroatoms. The fourth-order valence-corrected chi connectivity index (χ4v) is 2.30. The maximum absolute atomic E-state index is 5.17. The monoisotopic (exact) mass is 269 g/mol. The van der Waals surface area contributed by atoms with Crippen LogP contribution in [0, 0.1) is 0 Å². The summed E-state index contributed by atoms with van der Waals surface area (Å²) >= 11 is 0. The average molecular weight is 269 g/mol. The van der Waals surface area contributed by atoms with E-state index in [1.165, 1.54) is 16.8 Å². The topological polar surface area (TPSA) is 21.3 Å². The number of methoxy groups -OCH3 is 1. The summed E-state index contributed by atoms with van der Waals surface area (Å²) in [6, 6.07) is 16.8. The van der Waals surface area contributed by atoms with Gasteiger partial charge < -0.3 is 10.1 Å². The molecular weight excluding hydrogens is 246 g/mol. The third-order valence-electron chi connectivity index (χ3n) is 3.47. The van der Waals surface area contributed by atoms with Crippen molar-refractivity contribution in [3.63, 3.8) is 0 Å². The number of benzene rings is 2. The van der Waals surface area contributed by atoms with Crippen molar-refractivity contribution in [3.05, 3.63) is 59.7 Å². The zero-order valence-electron chi connectivity index (χ0n) is 12.5. The minimum absolute atomic E-state index is 0.541. The normalized spacial score (nSPS) is 10.6. The van der Waals surface area contributed by atoms with Gasteiger partial charge in [-0.25, -0.2) is 0 Å². The standard InChI is InChI=1S/C18H23NO/c1-14(2)17-6-4-5-7-18(17)19-13-12-15-8-10-16(20-3)11-9-15/h4-11,14,19H,12-13H2,1-3H3. The van der Waals surface area contributed by atoms with E-state index in [4.69, 9.17) is 4.74 Å². The number of rotatable bonds is 6. The van der Waals surface area contributed by atoms with Crippen molar-refractivity contribution in [2.24, 2.45) is 0 Å². The van der Waals surface area contributed by atoms with Crippen LogP contribution in [0.4, 0.5) is 5.69 Å². The van der Waals surface area contributed by atoms with Gasteiger partial charge in [0.05, 0.1) is 7.11 Å². The van der Waals surface area contributed by atoms with Crippen molar-refractivity contribution in [2.45, 2.75) is 26.2 Å². The summed E-state index contributed by atoms with van der Waals surface area (Å²) in [4.78, 5) is 0. The first-order chi connectivity index (χ1) is 9.70. The Hall–Kier alpha value is -1.96. The maximum atomic E-state index is 5.17. The molecule has 0 spiro atoms. The molecule has 0 unspecified atom stereocenters. The average Bonchev–Trinajstić information content (AvgIpc) is 2.48. The maximum Gasteiger partial charge on any atom is 0.118 e. The molecule has 2 aromatic carbocycles. The Morgan fingerprint density at radius 3 is 2.35 bits per heavy atom. The van der Waals surface area contributed by atoms with Gasteiger partial charge in [0.2, 0.25) is 0 Å². The van der Waals surface area contributed by atoms with Crippen molar-refractivity contribution < 1.29 is 4.74 Å². The van der Waals surface area contributed by atoms with Gasteiger partial charge in [-0.3, -0.25) is 0 Å². The molecule has 0 saturated heterocycles. The van der Waals surface area contributed by atoms with Crippen LogP contribution in [0.5, 0.6) is 5.75 Å². The lowest BCUT2D eigenvalue weighted by molar-refractivity contribution is 0.414. The first kappa shape index (κ1) is 14.4. The van der Waals surface area contributed by atoms with Crippen LogP contribution < -0.4 is 10.1 Å². The smallest absolute Gasteiger partial charge is 0.118 e. The number of hydrogen-bond acceptors (Lipinski definition) is 2. The minimum atomic E-state index is 0.541. The molecule has 0 aliphatic carbocycles. The van der Waals surface area contributed by atoms with Gasteiger partial charge in [0.15, 0.2) is 0 Å². The van der Waals surface area contributed by atoms with Crippen LogP contribution in [-0.4, -0.2) is 13.7 Å². The van der Waals surface area contributed by atoms with Crippen LogP contribution in [-0.2, 0) is 6.42 Å². The Kier molecular flexibility index (Phi) is 5.05. The summed E-state index contributed by atoms with van der Waals surface area (Å²) in [6.45, 7) is 5.39. The van der Waals surface area contributed by atoms with Gasteiger partial charge in [-0.15, -0.1) is 0 Å².